The van der Waals surface area contributed by atoms with Gasteiger partial charge >= 0.3 is 6.04 Å². The second kappa shape index (κ2) is 9.62. The molecule has 0 saturated heterocycles. The summed E-state index contributed by atoms with van der Waals surface area (Å²) in [5.74, 6) is -0.0990. The van der Waals surface area contributed by atoms with Gasteiger partial charge in [-0.05, 0) is 35.1 Å². The van der Waals surface area contributed by atoms with Crippen molar-refractivity contribution in [2.75, 3.05) is 6.61 Å². The van der Waals surface area contributed by atoms with Gasteiger partial charge in [0.15, 0.2) is 0 Å². The van der Waals surface area contributed by atoms with Crippen molar-refractivity contribution in [3.8, 4) is 0 Å². The molecule has 32 heavy (non-hydrogen) atoms. The Kier molecular flexibility index (Phi) is 6.47. The van der Waals surface area contributed by atoms with E-state index < -0.39 is 17.2 Å². The van der Waals surface area contributed by atoms with Gasteiger partial charge in [-0.15, -0.1) is 0 Å². The molecule has 0 aliphatic rings. The second-order valence-corrected chi connectivity index (χ2v) is 7.65. The predicted molar refractivity (Wildman–Crippen MR) is 122 cm³/mol. The van der Waals surface area contributed by atoms with Crippen LogP contribution in [-0.2, 0) is 15.0 Å². The molecule has 5 nitrogen and oxygen atoms in total. The minimum atomic E-state index is -1.74. The van der Waals surface area contributed by atoms with Crippen LogP contribution >= 0.6 is 11.5 Å². The van der Waals surface area contributed by atoms with Gasteiger partial charge in [0.25, 0.3) is 0 Å². The zero-order valence-electron chi connectivity index (χ0n) is 17.3. The van der Waals surface area contributed by atoms with Crippen molar-refractivity contribution in [1.29, 1.82) is 0 Å². The highest BCUT2D eigenvalue weighted by atomic mass is 32.1. The molecule has 1 heterocycles. The maximum Gasteiger partial charge on any atom is 0.357 e. The lowest BCUT2D eigenvalue weighted by atomic mass is 9.70. The Morgan fingerprint density at radius 1 is 0.906 bits per heavy atom. The maximum absolute atomic E-state index is 13.7. The van der Waals surface area contributed by atoms with Crippen molar-refractivity contribution >= 4 is 23.3 Å². The first-order chi connectivity index (χ1) is 15.7. The molecule has 3 aromatic carbocycles. The number of benzene rings is 3. The van der Waals surface area contributed by atoms with E-state index >= 15 is 0 Å². The van der Waals surface area contributed by atoms with E-state index in [9.17, 15) is 9.18 Å². The number of oxime groups is 1. The number of nitrogens with zero attached hydrogens (tertiary/aromatic N) is 3. The van der Waals surface area contributed by atoms with Gasteiger partial charge in [-0.2, -0.15) is 8.76 Å². The van der Waals surface area contributed by atoms with Crippen LogP contribution in [0.2, 0.25) is 0 Å². The van der Waals surface area contributed by atoms with Crippen LogP contribution in [0, 0.1) is 0 Å². The van der Waals surface area contributed by atoms with E-state index in [1.165, 1.54) is 0 Å². The topological polar surface area (TPSA) is 64.4 Å². The molecule has 1 aromatic heterocycles. The van der Waals surface area contributed by atoms with Crippen LogP contribution in [0.3, 0.4) is 0 Å². The maximum atomic E-state index is 13.7. The Bertz CT molecular complexity index is 1120. The number of aromatic nitrogens is 2. The Labute approximate surface area is 189 Å². The summed E-state index contributed by atoms with van der Waals surface area (Å²) in [6, 6.07) is 28.0. The molecule has 0 radical (unpaired) electrons. The molecule has 0 bridgehead atoms. The first-order valence-corrected chi connectivity index (χ1v) is 10.9. The van der Waals surface area contributed by atoms with Gasteiger partial charge in [-0.3, -0.25) is 4.79 Å². The molecule has 0 atom stereocenters. The summed E-state index contributed by atoms with van der Waals surface area (Å²) in [7, 11) is 0. The average Bonchev–Trinajstić information content (AvgIpc) is 3.32. The molecule has 0 fully saturated rings. The van der Waals surface area contributed by atoms with E-state index in [0.29, 0.717) is 5.01 Å². The molecule has 0 aliphatic heterocycles. The highest BCUT2D eigenvalue weighted by Gasteiger charge is 2.42. The lowest BCUT2D eigenvalue weighted by Gasteiger charge is -2.33. The number of hydrogen-bond acceptors (Lipinski definition) is 6. The first kappa shape index (κ1) is 21.5. The van der Waals surface area contributed by atoms with Crippen LogP contribution in [0.1, 0.15) is 34.4 Å². The Balaban J connectivity index is 2.02. The fourth-order valence-corrected chi connectivity index (χ4v) is 4.62. The third-order valence-electron chi connectivity index (χ3n) is 5.05. The molecule has 0 amide bonds. The fraction of sp³-hybridized carbons (Fsp3) is 0.120. The van der Waals surface area contributed by atoms with Crippen LogP contribution in [0.25, 0.3) is 0 Å². The molecular formula is C25H20FN3O2S. The Hall–Kier alpha value is -3.71. The van der Waals surface area contributed by atoms with Gasteiger partial charge in [-0.1, -0.05) is 96.2 Å². The molecular weight excluding hydrogens is 425 g/mol. The number of carbonyl (C=O) groups excluding carboxylic acids is 1. The predicted octanol–water partition coefficient (Wildman–Crippen LogP) is 5.16. The van der Waals surface area contributed by atoms with Crippen molar-refractivity contribution in [1.82, 2.24) is 9.36 Å². The van der Waals surface area contributed by atoms with E-state index in [4.69, 9.17) is 4.84 Å². The van der Waals surface area contributed by atoms with Crippen molar-refractivity contribution in [2.45, 2.75) is 12.3 Å². The van der Waals surface area contributed by atoms with E-state index in [0.717, 1.165) is 28.2 Å². The summed E-state index contributed by atoms with van der Waals surface area (Å²) in [6.45, 7) is 1.88. The average molecular weight is 446 g/mol. The molecule has 0 spiro atoms. The van der Waals surface area contributed by atoms with E-state index in [2.05, 4.69) is 14.5 Å². The van der Waals surface area contributed by atoms with E-state index in [1.54, 1.807) is 6.92 Å². The quantitative estimate of drug-likeness (QED) is 0.163. The standard InChI is InChI=1S/C25H20FN3O2S/c1-2-31-28-21(22(26)30)23-27-24(32-29-23)25(18-12-6-3-7-13-18,19-14-8-4-9-15-19)20-16-10-5-11-17-20/h3-17H,2H2,1H3/b28-21+. The third kappa shape index (κ3) is 3.94. The molecule has 4 aromatic rings. The second-order valence-electron chi connectivity index (χ2n) is 6.90. The number of rotatable bonds is 8. The molecule has 0 aliphatic carbocycles. The molecule has 4 rings (SSSR count). The highest BCUT2D eigenvalue weighted by molar-refractivity contribution is 7.05. The smallest absolute Gasteiger partial charge is 0.357 e. The van der Waals surface area contributed by atoms with Gasteiger partial charge in [0.1, 0.15) is 11.6 Å². The summed E-state index contributed by atoms with van der Waals surface area (Å²) in [4.78, 5) is 21.1. The zero-order valence-corrected chi connectivity index (χ0v) is 18.1. The Morgan fingerprint density at radius 2 is 1.38 bits per heavy atom. The molecule has 0 saturated carbocycles. The monoisotopic (exact) mass is 445 g/mol. The van der Waals surface area contributed by atoms with Gasteiger partial charge < -0.3 is 4.84 Å². The van der Waals surface area contributed by atoms with E-state index in [1.807, 2.05) is 91.0 Å². The fourth-order valence-electron chi connectivity index (χ4n) is 3.70. The van der Waals surface area contributed by atoms with Gasteiger partial charge in [-0.25, -0.2) is 4.98 Å². The van der Waals surface area contributed by atoms with E-state index in [-0.39, 0.29) is 12.4 Å². The van der Waals surface area contributed by atoms with Gasteiger partial charge in [0.2, 0.25) is 11.5 Å². The minimum absolute atomic E-state index is 0.0990. The number of halogens is 1. The summed E-state index contributed by atoms with van der Waals surface area (Å²) in [5.41, 5.74) is 1.54. The summed E-state index contributed by atoms with van der Waals surface area (Å²) < 4.78 is 18.0. The summed E-state index contributed by atoms with van der Waals surface area (Å²) >= 11 is 1.10. The third-order valence-corrected chi connectivity index (χ3v) is 5.88. The van der Waals surface area contributed by atoms with Crippen LogP contribution in [0.4, 0.5) is 4.39 Å². The van der Waals surface area contributed by atoms with Crippen molar-refractivity contribution in [2.24, 2.45) is 5.16 Å². The molecule has 160 valence electrons. The van der Waals surface area contributed by atoms with Gasteiger partial charge in [0.05, 0.1) is 5.41 Å². The normalized spacial score (nSPS) is 11.9. The van der Waals surface area contributed by atoms with Crippen molar-refractivity contribution < 1.29 is 14.0 Å². The largest absolute Gasteiger partial charge is 0.395 e. The summed E-state index contributed by atoms with van der Waals surface area (Å²) in [5, 5.41) is 4.18. The Morgan fingerprint density at radius 3 is 1.78 bits per heavy atom. The molecule has 7 heteroatoms. The van der Waals surface area contributed by atoms with Crippen molar-refractivity contribution in [3.63, 3.8) is 0 Å². The molecule has 0 N–H and O–H groups in total. The van der Waals surface area contributed by atoms with Crippen LogP contribution in [0.15, 0.2) is 96.2 Å². The van der Waals surface area contributed by atoms with Gasteiger partial charge in [0, 0.05) is 0 Å². The molecule has 0 unspecified atom stereocenters. The lowest BCUT2D eigenvalue weighted by Crippen LogP contribution is -2.31. The zero-order chi connectivity index (χ0) is 22.4. The minimum Gasteiger partial charge on any atom is -0.395 e. The van der Waals surface area contributed by atoms with Crippen LogP contribution < -0.4 is 0 Å². The lowest BCUT2D eigenvalue weighted by molar-refractivity contribution is -0.122. The number of carbonyl (C=O) groups is 1. The first-order valence-electron chi connectivity index (χ1n) is 10.1. The summed E-state index contributed by atoms with van der Waals surface area (Å²) in [6.07, 6.45) is 0. The highest BCUT2D eigenvalue weighted by Crippen LogP contribution is 2.45. The number of hydrogen-bond donors (Lipinski definition) is 0. The SMILES string of the molecule is CCO/N=C(\C(=O)F)c1nsc(C(c2ccccc2)(c2ccccc2)c2ccccc2)n1. The van der Waals surface area contributed by atoms with Crippen molar-refractivity contribution in [3.05, 3.63) is 119 Å². The van der Waals surface area contributed by atoms with Crippen LogP contribution in [-0.4, -0.2) is 27.7 Å². The van der Waals surface area contributed by atoms with Crippen LogP contribution in [0.5, 0.6) is 0 Å².